The van der Waals surface area contributed by atoms with Crippen LogP contribution in [0.5, 0.6) is 0 Å². The van der Waals surface area contributed by atoms with Crippen LogP contribution in [0.25, 0.3) is 0 Å². The van der Waals surface area contributed by atoms with Gasteiger partial charge in [0.25, 0.3) is 0 Å². The molecule has 1 aliphatic heterocycles. The summed E-state index contributed by atoms with van der Waals surface area (Å²) >= 11 is 0. The smallest absolute Gasteiger partial charge is 0.243 e. The Morgan fingerprint density at radius 3 is 2.15 bits per heavy atom. The van der Waals surface area contributed by atoms with E-state index in [-0.39, 0.29) is 29.6 Å². The van der Waals surface area contributed by atoms with Crippen LogP contribution >= 0.6 is 0 Å². The van der Waals surface area contributed by atoms with Crippen LogP contribution < -0.4 is 5.32 Å². The Balaban J connectivity index is 1.62. The number of halogens is 2. The number of nitrogens with zero attached hydrogens (tertiary/aromatic N) is 1. The number of amides is 1. The summed E-state index contributed by atoms with van der Waals surface area (Å²) < 4.78 is 53.2. The quantitative estimate of drug-likeness (QED) is 0.865. The van der Waals surface area contributed by atoms with Crippen LogP contribution in [-0.4, -0.2) is 31.7 Å². The van der Waals surface area contributed by atoms with Crippen LogP contribution in [0, 0.1) is 24.5 Å². The molecule has 2 aromatic carbocycles. The number of sulfonamides is 1. The number of nitrogens with one attached hydrogen (secondary N) is 1. The van der Waals surface area contributed by atoms with Crippen LogP contribution in [0.1, 0.15) is 18.4 Å². The molecular weight excluding hydrogens is 374 g/mol. The number of piperidine rings is 1. The van der Waals surface area contributed by atoms with Crippen molar-refractivity contribution in [2.75, 3.05) is 18.4 Å². The summed E-state index contributed by atoms with van der Waals surface area (Å²) in [6.45, 7) is 2.31. The second kappa shape index (κ2) is 7.74. The highest BCUT2D eigenvalue weighted by atomic mass is 32.2. The fourth-order valence-electron chi connectivity index (χ4n) is 3.09. The van der Waals surface area contributed by atoms with Crippen molar-refractivity contribution in [3.8, 4) is 0 Å². The topological polar surface area (TPSA) is 66.5 Å². The molecule has 27 heavy (non-hydrogen) atoms. The molecule has 3 rings (SSSR count). The minimum absolute atomic E-state index is 0.0483. The van der Waals surface area contributed by atoms with Gasteiger partial charge in [0.2, 0.25) is 15.9 Å². The highest BCUT2D eigenvalue weighted by Gasteiger charge is 2.32. The van der Waals surface area contributed by atoms with Gasteiger partial charge >= 0.3 is 0 Å². The Bertz CT molecular complexity index is 918. The van der Waals surface area contributed by atoms with E-state index in [9.17, 15) is 22.0 Å². The Morgan fingerprint density at radius 1 is 1.04 bits per heavy atom. The third kappa shape index (κ3) is 4.51. The van der Waals surface area contributed by atoms with Crippen LogP contribution in [0.15, 0.2) is 47.4 Å². The van der Waals surface area contributed by atoms with Gasteiger partial charge in [-0.05, 0) is 44.0 Å². The lowest BCUT2D eigenvalue weighted by Gasteiger charge is -2.30. The second-order valence-corrected chi connectivity index (χ2v) is 8.58. The molecule has 5 nitrogen and oxygen atoms in total. The average molecular weight is 394 g/mol. The lowest BCUT2D eigenvalue weighted by Crippen LogP contribution is -2.41. The molecule has 0 spiro atoms. The Labute approximate surface area is 157 Å². The molecule has 2 aromatic rings. The number of carbonyl (C=O) groups is 1. The predicted octanol–water partition coefficient (Wildman–Crippen LogP) is 3.31. The van der Waals surface area contributed by atoms with Crippen LogP contribution in [0.2, 0.25) is 0 Å². The fraction of sp³-hybridized carbons (Fsp3) is 0.316. The number of hydrogen-bond donors (Lipinski definition) is 1. The predicted molar refractivity (Wildman–Crippen MR) is 97.6 cm³/mol. The molecule has 144 valence electrons. The van der Waals surface area contributed by atoms with Gasteiger partial charge in [-0.2, -0.15) is 4.31 Å². The first-order chi connectivity index (χ1) is 12.8. The lowest BCUT2D eigenvalue weighted by atomic mass is 9.97. The highest BCUT2D eigenvalue weighted by molar-refractivity contribution is 7.89. The minimum atomic E-state index is -3.60. The molecule has 0 bridgehead atoms. The summed E-state index contributed by atoms with van der Waals surface area (Å²) in [6.07, 6.45) is 0.684. The molecule has 1 amide bonds. The molecule has 0 atom stereocenters. The average Bonchev–Trinajstić information content (AvgIpc) is 2.61. The SMILES string of the molecule is Cc1ccc(S(=O)(=O)N2CCC(C(=O)Nc3cc(F)cc(F)c3)CC2)cc1. The van der Waals surface area contributed by atoms with Gasteiger partial charge in [0, 0.05) is 30.8 Å². The van der Waals surface area contributed by atoms with Crippen LogP contribution in [-0.2, 0) is 14.8 Å². The van der Waals surface area contributed by atoms with Gasteiger partial charge in [0.05, 0.1) is 4.90 Å². The first kappa shape index (κ1) is 19.4. The van der Waals surface area contributed by atoms with E-state index in [0.29, 0.717) is 12.8 Å². The Hall–Kier alpha value is -2.32. The van der Waals surface area contributed by atoms with Crippen LogP contribution in [0.4, 0.5) is 14.5 Å². The van der Waals surface area contributed by atoms with Crippen LogP contribution in [0.3, 0.4) is 0 Å². The van der Waals surface area contributed by atoms with E-state index in [0.717, 1.165) is 23.8 Å². The monoisotopic (exact) mass is 394 g/mol. The highest BCUT2D eigenvalue weighted by Crippen LogP contribution is 2.25. The van der Waals surface area contributed by atoms with E-state index in [2.05, 4.69) is 5.32 Å². The van der Waals surface area contributed by atoms with Crippen molar-refractivity contribution in [3.63, 3.8) is 0 Å². The summed E-state index contributed by atoms with van der Waals surface area (Å²) in [4.78, 5) is 12.6. The molecule has 0 aromatic heterocycles. The van der Waals surface area contributed by atoms with Gasteiger partial charge in [0.1, 0.15) is 11.6 Å². The van der Waals surface area contributed by atoms with E-state index in [4.69, 9.17) is 0 Å². The van der Waals surface area contributed by atoms with Crippen molar-refractivity contribution in [1.29, 1.82) is 0 Å². The summed E-state index contributed by atoms with van der Waals surface area (Å²) in [5.74, 6) is -2.33. The number of rotatable bonds is 4. The first-order valence-electron chi connectivity index (χ1n) is 8.59. The van der Waals surface area contributed by atoms with Crippen molar-refractivity contribution in [2.24, 2.45) is 5.92 Å². The molecule has 0 aliphatic carbocycles. The summed E-state index contributed by atoms with van der Waals surface area (Å²) in [6, 6.07) is 9.43. The van der Waals surface area contributed by atoms with E-state index in [1.807, 2.05) is 6.92 Å². The van der Waals surface area contributed by atoms with Crippen molar-refractivity contribution in [3.05, 3.63) is 59.7 Å². The Morgan fingerprint density at radius 2 is 1.59 bits per heavy atom. The van der Waals surface area contributed by atoms with E-state index >= 15 is 0 Å². The zero-order valence-electron chi connectivity index (χ0n) is 14.8. The van der Waals surface area contributed by atoms with Gasteiger partial charge in [0.15, 0.2) is 0 Å². The van der Waals surface area contributed by atoms with Crippen molar-refractivity contribution in [1.82, 2.24) is 4.31 Å². The molecule has 1 saturated heterocycles. The van der Waals surface area contributed by atoms with E-state index in [1.165, 1.54) is 4.31 Å². The summed E-state index contributed by atoms with van der Waals surface area (Å²) in [5, 5.41) is 2.50. The lowest BCUT2D eigenvalue weighted by molar-refractivity contribution is -0.120. The van der Waals surface area contributed by atoms with E-state index < -0.39 is 27.6 Å². The first-order valence-corrected chi connectivity index (χ1v) is 10.0. The normalized spacial score (nSPS) is 16.3. The maximum Gasteiger partial charge on any atom is 0.243 e. The standard InChI is InChI=1S/C19H20F2N2O3S/c1-13-2-4-18(5-3-13)27(25,26)23-8-6-14(7-9-23)19(24)22-17-11-15(20)10-16(21)12-17/h2-5,10-12,14H,6-9H2,1H3,(H,22,24). The molecule has 0 unspecified atom stereocenters. The zero-order chi connectivity index (χ0) is 19.6. The Kier molecular flexibility index (Phi) is 5.57. The summed E-state index contributed by atoms with van der Waals surface area (Å²) in [5.41, 5.74) is 1.02. The number of carbonyl (C=O) groups excluding carboxylic acids is 1. The number of hydrogen-bond acceptors (Lipinski definition) is 3. The third-order valence-corrected chi connectivity index (χ3v) is 6.53. The van der Waals surface area contributed by atoms with Gasteiger partial charge < -0.3 is 5.32 Å². The number of aryl methyl sites for hydroxylation is 1. The van der Waals surface area contributed by atoms with Gasteiger partial charge in [-0.3, -0.25) is 4.79 Å². The minimum Gasteiger partial charge on any atom is -0.326 e. The molecule has 1 N–H and O–H groups in total. The number of benzene rings is 2. The molecule has 0 saturated carbocycles. The third-order valence-electron chi connectivity index (χ3n) is 4.61. The molecule has 1 heterocycles. The van der Waals surface area contributed by atoms with Gasteiger partial charge in [-0.15, -0.1) is 0 Å². The van der Waals surface area contributed by atoms with Crippen molar-refractivity contribution >= 4 is 21.6 Å². The maximum atomic E-state index is 13.2. The molecule has 0 radical (unpaired) electrons. The van der Waals surface area contributed by atoms with Crippen molar-refractivity contribution < 1.29 is 22.0 Å². The van der Waals surface area contributed by atoms with Crippen molar-refractivity contribution in [2.45, 2.75) is 24.7 Å². The van der Waals surface area contributed by atoms with E-state index in [1.54, 1.807) is 24.3 Å². The molecule has 1 aliphatic rings. The fourth-order valence-corrected chi connectivity index (χ4v) is 4.56. The molecule has 8 heteroatoms. The van der Waals surface area contributed by atoms with Gasteiger partial charge in [-0.1, -0.05) is 17.7 Å². The summed E-state index contributed by atoms with van der Waals surface area (Å²) in [7, 11) is -3.60. The maximum absolute atomic E-state index is 13.2. The molecule has 1 fully saturated rings. The zero-order valence-corrected chi connectivity index (χ0v) is 15.6. The van der Waals surface area contributed by atoms with Gasteiger partial charge in [-0.25, -0.2) is 17.2 Å². The largest absolute Gasteiger partial charge is 0.326 e. The molecular formula is C19H20F2N2O3S. The second-order valence-electron chi connectivity index (χ2n) is 6.64. The number of anilines is 1.